The molecule has 4 rings (SSSR count). The predicted molar refractivity (Wildman–Crippen MR) is 104 cm³/mol. The van der Waals surface area contributed by atoms with E-state index in [4.69, 9.17) is 4.74 Å². The molecule has 6 nitrogen and oxygen atoms in total. The van der Waals surface area contributed by atoms with Crippen molar-refractivity contribution in [3.05, 3.63) is 53.9 Å². The van der Waals surface area contributed by atoms with Gasteiger partial charge in [0.2, 0.25) is 11.8 Å². The van der Waals surface area contributed by atoms with Gasteiger partial charge < -0.3 is 14.2 Å². The van der Waals surface area contributed by atoms with Gasteiger partial charge in [-0.05, 0) is 37.5 Å². The number of hydrogen-bond donors (Lipinski definition) is 0. The summed E-state index contributed by atoms with van der Waals surface area (Å²) in [5, 5.41) is 9.24. The van der Waals surface area contributed by atoms with Crippen LogP contribution in [0.15, 0.2) is 42.6 Å². The second-order valence-electron chi connectivity index (χ2n) is 7.19. The molecule has 1 aliphatic heterocycles. The van der Waals surface area contributed by atoms with Crippen LogP contribution in [0.4, 0.5) is 0 Å². The first kappa shape index (κ1) is 17.5. The monoisotopic (exact) mass is 364 g/mol. The highest BCUT2D eigenvalue weighted by atomic mass is 16.5. The normalized spacial score (nSPS) is 17.3. The van der Waals surface area contributed by atoms with Crippen LogP contribution in [0.5, 0.6) is 5.88 Å². The number of benzene rings is 1. The molecule has 1 aliphatic rings. The van der Waals surface area contributed by atoms with Crippen LogP contribution in [0.25, 0.3) is 10.9 Å². The minimum Gasteiger partial charge on any atom is -0.471 e. The summed E-state index contributed by atoms with van der Waals surface area (Å²) >= 11 is 0. The number of hydrogen-bond acceptors (Lipinski definition) is 4. The first-order valence-electron chi connectivity index (χ1n) is 9.38. The van der Waals surface area contributed by atoms with Gasteiger partial charge in [-0.2, -0.15) is 5.10 Å². The number of piperidine rings is 1. The number of rotatable bonds is 4. The lowest BCUT2D eigenvalue weighted by atomic mass is 10.1. The van der Waals surface area contributed by atoms with Crippen LogP contribution >= 0.6 is 0 Å². The Morgan fingerprint density at radius 1 is 1.22 bits per heavy atom. The Morgan fingerprint density at radius 3 is 2.89 bits per heavy atom. The lowest BCUT2D eigenvalue weighted by Gasteiger charge is -2.32. The summed E-state index contributed by atoms with van der Waals surface area (Å²) in [5.74, 6) is 0.670. The molecule has 1 fully saturated rings. The highest BCUT2D eigenvalue weighted by Crippen LogP contribution is 2.22. The maximum atomic E-state index is 12.9. The molecule has 0 radical (unpaired) electrons. The standard InChI is InChI=1S/C21H24N4O2/c1-15-9-10-20(23-22-15)27-17-6-5-11-25(14-17)21(26)12-16-13-24(2)19-8-4-3-7-18(16)19/h3-4,7-10,13,17H,5-6,11-12,14H2,1-2H3. The number of ether oxygens (including phenoxy) is 1. The molecule has 1 saturated heterocycles. The van der Waals surface area contributed by atoms with E-state index >= 15 is 0 Å². The number of nitrogens with zero attached hydrogens (tertiary/aromatic N) is 4. The van der Waals surface area contributed by atoms with Gasteiger partial charge in [0.1, 0.15) is 6.10 Å². The summed E-state index contributed by atoms with van der Waals surface area (Å²) in [6.45, 7) is 3.27. The van der Waals surface area contributed by atoms with E-state index < -0.39 is 0 Å². The lowest BCUT2D eigenvalue weighted by molar-refractivity contribution is -0.133. The van der Waals surface area contributed by atoms with Crippen molar-refractivity contribution in [3.8, 4) is 5.88 Å². The van der Waals surface area contributed by atoms with Gasteiger partial charge in [-0.3, -0.25) is 4.79 Å². The van der Waals surface area contributed by atoms with E-state index in [0.29, 0.717) is 18.8 Å². The number of carbonyl (C=O) groups is 1. The number of aryl methyl sites for hydroxylation is 2. The summed E-state index contributed by atoms with van der Waals surface area (Å²) in [6, 6.07) is 11.9. The van der Waals surface area contributed by atoms with Crippen molar-refractivity contribution in [2.45, 2.75) is 32.3 Å². The quantitative estimate of drug-likeness (QED) is 0.714. The van der Waals surface area contributed by atoms with Gasteiger partial charge in [0.15, 0.2) is 0 Å². The van der Waals surface area contributed by atoms with E-state index in [1.54, 1.807) is 0 Å². The molecule has 6 heteroatoms. The number of fused-ring (bicyclic) bond motifs is 1. The fourth-order valence-electron chi connectivity index (χ4n) is 3.72. The Labute approximate surface area is 158 Å². The lowest BCUT2D eigenvalue weighted by Crippen LogP contribution is -2.45. The molecule has 0 spiro atoms. The minimum absolute atomic E-state index is 0.0350. The highest BCUT2D eigenvalue weighted by molar-refractivity contribution is 5.89. The van der Waals surface area contributed by atoms with E-state index in [0.717, 1.165) is 41.5 Å². The fraction of sp³-hybridized carbons (Fsp3) is 0.381. The Hall–Kier alpha value is -2.89. The summed E-state index contributed by atoms with van der Waals surface area (Å²) < 4.78 is 8.02. The third-order valence-corrected chi connectivity index (χ3v) is 5.11. The van der Waals surface area contributed by atoms with Crippen molar-refractivity contribution < 1.29 is 9.53 Å². The summed E-state index contributed by atoms with van der Waals surface area (Å²) in [6.07, 6.45) is 4.30. The smallest absolute Gasteiger partial charge is 0.233 e. The number of likely N-dealkylation sites (tertiary alicyclic amines) is 1. The molecule has 27 heavy (non-hydrogen) atoms. The SMILES string of the molecule is Cc1ccc(OC2CCCN(C(=O)Cc3cn(C)c4ccccc34)C2)nn1. The van der Waals surface area contributed by atoms with E-state index in [2.05, 4.69) is 33.1 Å². The van der Waals surface area contributed by atoms with Crippen LogP contribution in [0.2, 0.25) is 0 Å². The maximum Gasteiger partial charge on any atom is 0.233 e. The first-order chi connectivity index (χ1) is 13.1. The molecule has 1 amide bonds. The first-order valence-corrected chi connectivity index (χ1v) is 9.38. The Morgan fingerprint density at radius 2 is 2.07 bits per heavy atom. The molecule has 0 aliphatic carbocycles. The predicted octanol–water partition coefficient (Wildman–Crippen LogP) is 2.89. The topological polar surface area (TPSA) is 60.2 Å². The molecule has 1 atom stereocenters. The largest absolute Gasteiger partial charge is 0.471 e. The van der Waals surface area contributed by atoms with Gasteiger partial charge in [0.25, 0.3) is 0 Å². The molecule has 3 aromatic rings. The van der Waals surface area contributed by atoms with E-state index in [1.807, 2.05) is 43.1 Å². The average Bonchev–Trinajstić information content (AvgIpc) is 3.00. The summed E-state index contributed by atoms with van der Waals surface area (Å²) in [4.78, 5) is 14.8. The van der Waals surface area contributed by atoms with Crippen molar-refractivity contribution in [2.24, 2.45) is 7.05 Å². The zero-order chi connectivity index (χ0) is 18.8. The molecule has 140 valence electrons. The highest BCUT2D eigenvalue weighted by Gasteiger charge is 2.26. The molecule has 1 aromatic carbocycles. The molecular weight excluding hydrogens is 340 g/mol. The zero-order valence-corrected chi connectivity index (χ0v) is 15.8. The van der Waals surface area contributed by atoms with Crippen LogP contribution in [0.1, 0.15) is 24.1 Å². The summed E-state index contributed by atoms with van der Waals surface area (Å²) in [5.41, 5.74) is 3.08. The summed E-state index contributed by atoms with van der Waals surface area (Å²) in [7, 11) is 2.02. The van der Waals surface area contributed by atoms with Crippen LogP contribution in [0.3, 0.4) is 0 Å². The van der Waals surface area contributed by atoms with Crippen LogP contribution in [0, 0.1) is 6.92 Å². The van der Waals surface area contributed by atoms with E-state index in [1.165, 1.54) is 0 Å². The van der Waals surface area contributed by atoms with Crippen molar-refractivity contribution in [3.63, 3.8) is 0 Å². The van der Waals surface area contributed by atoms with Gasteiger partial charge in [-0.25, -0.2) is 0 Å². The van der Waals surface area contributed by atoms with E-state index in [-0.39, 0.29) is 12.0 Å². The molecule has 3 heterocycles. The van der Waals surface area contributed by atoms with Crippen molar-refractivity contribution in [1.29, 1.82) is 0 Å². The zero-order valence-electron chi connectivity index (χ0n) is 15.8. The molecule has 0 saturated carbocycles. The third kappa shape index (κ3) is 3.79. The van der Waals surface area contributed by atoms with E-state index in [9.17, 15) is 4.79 Å². The number of amides is 1. The molecular formula is C21H24N4O2. The average molecular weight is 364 g/mol. The Balaban J connectivity index is 1.43. The number of aromatic nitrogens is 3. The van der Waals surface area contributed by atoms with Crippen molar-refractivity contribution in [2.75, 3.05) is 13.1 Å². The van der Waals surface area contributed by atoms with Crippen LogP contribution in [-0.4, -0.2) is 44.8 Å². The van der Waals surface area contributed by atoms with Crippen molar-refractivity contribution in [1.82, 2.24) is 19.7 Å². The minimum atomic E-state index is -0.0350. The second-order valence-corrected chi connectivity index (χ2v) is 7.19. The molecule has 0 N–H and O–H groups in total. The third-order valence-electron chi connectivity index (χ3n) is 5.11. The Bertz CT molecular complexity index is 948. The van der Waals surface area contributed by atoms with Crippen LogP contribution < -0.4 is 4.74 Å². The van der Waals surface area contributed by atoms with Crippen LogP contribution in [-0.2, 0) is 18.3 Å². The van der Waals surface area contributed by atoms with Gasteiger partial charge in [-0.1, -0.05) is 18.2 Å². The van der Waals surface area contributed by atoms with Crippen molar-refractivity contribution >= 4 is 16.8 Å². The van der Waals surface area contributed by atoms with Gasteiger partial charge >= 0.3 is 0 Å². The maximum absolute atomic E-state index is 12.9. The number of carbonyl (C=O) groups excluding carboxylic acids is 1. The van der Waals surface area contributed by atoms with Gasteiger partial charge in [0, 0.05) is 36.8 Å². The van der Waals surface area contributed by atoms with Gasteiger partial charge in [0.05, 0.1) is 18.7 Å². The fourth-order valence-corrected chi connectivity index (χ4v) is 3.72. The van der Waals surface area contributed by atoms with Gasteiger partial charge in [-0.15, -0.1) is 5.10 Å². The molecule has 1 unspecified atom stereocenters. The second kappa shape index (κ2) is 7.39. The number of para-hydroxylation sites is 1. The Kier molecular flexibility index (Phi) is 4.79. The molecule has 2 aromatic heterocycles. The molecule has 0 bridgehead atoms.